The van der Waals surface area contributed by atoms with Crippen molar-refractivity contribution in [2.45, 2.75) is 0 Å². The van der Waals surface area contributed by atoms with Crippen LogP contribution in [0.3, 0.4) is 0 Å². The molecule has 4 rings (SSSR count). The Kier molecular flexibility index (Phi) is 7.40. The molecule has 0 fully saturated rings. The highest BCUT2D eigenvalue weighted by atomic mass is 16.5. The summed E-state index contributed by atoms with van der Waals surface area (Å²) in [5.41, 5.74) is 2.61. The number of anilines is 2. The Labute approximate surface area is 212 Å². The molecule has 0 radical (unpaired) electrons. The minimum absolute atomic E-state index is 0.0897. The van der Waals surface area contributed by atoms with Gasteiger partial charge in [0.05, 0.1) is 23.9 Å². The Hall–Kier alpha value is -5.24. The summed E-state index contributed by atoms with van der Waals surface area (Å²) < 4.78 is 4.75. The lowest BCUT2D eigenvalue weighted by atomic mass is 9.95. The highest BCUT2D eigenvalue weighted by molar-refractivity contribution is 6.11. The van der Waals surface area contributed by atoms with Crippen molar-refractivity contribution in [3.63, 3.8) is 0 Å². The standard InChI is InChI=1S/C29H22N2O6/c1-37-29(36)24-12-6-7-13-25(24)31-26(32)18-14-16-19(17-15-18)30-27(33)22-10-4-2-8-20(22)21-9-3-5-11-23(21)28(34)35/h2-17H,1H3,(H,30,33)(H,31,32)(H,34,35). The number of ether oxygens (including phenoxy) is 1. The Morgan fingerprint density at radius 1 is 0.622 bits per heavy atom. The van der Waals surface area contributed by atoms with E-state index in [9.17, 15) is 24.3 Å². The molecule has 0 saturated carbocycles. The normalized spacial score (nSPS) is 10.3. The third kappa shape index (κ3) is 5.54. The highest BCUT2D eigenvalue weighted by Gasteiger charge is 2.18. The molecule has 0 aliphatic carbocycles. The third-order valence-electron chi connectivity index (χ3n) is 5.60. The van der Waals surface area contributed by atoms with Crippen molar-refractivity contribution in [1.29, 1.82) is 0 Å². The average Bonchev–Trinajstić information content (AvgIpc) is 2.93. The molecule has 184 valence electrons. The molecule has 0 unspecified atom stereocenters. The van der Waals surface area contributed by atoms with E-state index in [0.29, 0.717) is 33.6 Å². The number of carbonyl (C=O) groups excluding carboxylic acids is 3. The van der Waals surface area contributed by atoms with Crippen molar-refractivity contribution in [3.8, 4) is 11.1 Å². The molecule has 8 heteroatoms. The number of methoxy groups -OCH3 is 1. The lowest BCUT2D eigenvalue weighted by molar-refractivity contribution is 0.0601. The molecular weight excluding hydrogens is 472 g/mol. The largest absolute Gasteiger partial charge is 0.478 e. The number of hydrogen-bond acceptors (Lipinski definition) is 5. The summed E-state index contributed by atoms with van der Waals surface area (Å²) in [4.78, 5) is 49.4. The molecule has 0 atom stereocenters. The van der Waals surface area contributed by atoms with Gasteiger partial charge in [-0.05, 0) is 59.7 Å². The van der Waals surface area contributed by atoms with Gasteiger partial charge in [0.2, 0.25) is 0 Å². The number of nitrogens with one attached hydrogen (secondary N) is 2. The predicted octanol–water partition coefficient (Wildman–Crippen LogP) is 5.34. The number of carboxylic acids is 1. The number of carbonyl (C=O) groups is 4. The number of amides is 2. The van der Waals surface area contributed by atoms with Crippen LogP contribution in [-0.4, -0.2) is 36.0 Å². The second-order valence-electron chi connectivity index (χ2n) is 7.92. The summed E-state index contributed by atoms with van der Waals surface area (Å²) in [6, 6.07) is 25.9. The topological polar surface area (TPSA) is 122 Å². The van der Waals surface area contributed by atoms with E-state index in [0.717, 1.165) is 0 Å². The van der Waals surface area contributed by atoms with Crippen molar-refractivity contribution < 1.29 is 29.0 Å². The highest BCUT2D eigenvalue weighted by Crippen LogP contribution is 2.28. The van der Waals surface area contributed by atoms with Crippen molar-refractivity contribution in [2.24, 2.45) is 0 Å². The molecule has 0 heterocycles. The molecule has 0 bridgehead atoms. The van der Waals surface area contributed by atoms with Gasteiger partial charge in [-0.25, -0.2) is 9.59 Å². The van der Waals surface area contributed by atoms with Gasteiger partial charge in [-0.3, -0.25) is 9.59 Å². The summed E-state index contributed by atoms with van der Waals surface area (Å²) in [7, 11) is 1.26. The fraction of sp³-hybridized carbons (Fsp3) is 0.0345. The summed E-state index contributed by atoms with van der Waals surface area (Å²) in [6.07, 6.45) is 0. The summed E-state index contributed by atoms with van der Waals surface area (Å²) in [5.74, 6) is -2.53. The van der Waals surface area contributed by atoms with Gasteiger partial charge < -0.3 is 20.5 Å². The number of carboxylic acid groups (broad SMARTS) is 1. The number of aromatic carboxylic acids is 1. The van der Waals surface area contributed by atoms with E-state index in [1.54, 1.807) is 78.9 Å². The molecule has 0 aliphatic heterocycles. The monoisotopic (exact) mass is 494 g/mol. The van der Waals surface area contributed by atoms with E-state index in [-0.39, 0.29) is 11.1 Å². The van der Waals surface area contributed by atoms with Crippen LogP contribution < -0.4 is 10.6 Å². The van der Waals surface area contributed by atoms with E-state index in [2.05, 4.69) is 10.6 Å². The summed E-state index contributed by atoms with van der Waals surface area (Å²) in [6.45, 7) is 0. The first-order chi connectivity index (χ1) is 17.9. The molecule has 8 nitrogen and oxygen atoms in total. The molecule has 0 aromatic heterocycles. The molecule has 4 aromatic rings. The number of benzene rings is 4. The summed E-state index contributed by atoms with van der Waals surface area (Å²) in [5, 5.41) is 15.0. The SMILES string of the molecule is COC(=O)c1ccccc1NC(=O)c1ccc(NC(=O)c2ccccc2-c2ccccc2C(=O)O)cc1. The van der Waals surface area contributed by atoms with E-state index >= 15 is 0 Å². The van der Waals surface area contributed by atoms with Crippen LogP contribution in [-0.2, 0) is 4.74 Å². The molecule has 4 aromatic carbocycles. The molecule has 0 spiro atoms. The lowest BCUT2D eigenvalue weighted by Crippen LogP contribution is -2.16. The number of para-hydroxylation sites is 1. The molecule has 0 saturated heterocycles. The van der Waals surface area contributed by atoms with Crippen LogP contribution >= 0.6 is 0 Å². The third-order valence-corrected chi connectivity index (χ3v) is 5.60. The maximum atomic E-state index is 13.1. The first kappa shape index (κ1) is 24.9. The zero-order chi connectivity index (χ0) is 26.4. The Morgan fingerprint density at radius 3 is 1.78 bits per heavy atom. The number of esters is 1. The smallest absolute Gasteiger partial charge is 0.339 e. The van der Waals surface area contributed by atoms with Gasteiger partial charge in [0, 0.05) is 16.8 Å². The Balaban J connectivity index is 1.52. The summed E-state index contributed by atoms with van der Waals surface area (Å²) >= 11 is 0. The van der Waals surface area contributed by atoms with Crippen LogP contribution in [0.15, 0.2) is 97.1 Å². The maximum Gasteiger partial charge on any atom is 0.339 e. The minimum atomic E-state index is -1.09. The lowest BCUT2D eigenvalue weighted by Gasteiger charge is -2.13. The zero-order valence-electron chi connectivity index (χ0n) is 19.7. The minimum Gasteiger partial charge on any atom is -0.478 e. The first-order valence-electron chi connectivity index (χ1n) is 11.2. The number of rotatable bonds is 7. The van der Waals surface area contributed by atoms with Crippen molar-refractivity contribution in [3.05, 3.63) is 119 Å². The van der Waals surface area contributed by atoms with Gasteiger partial charge >= 0.3 is 11.9 Å². The van der Waals surface area contributed by atoms with Crippen LogP contribution in [0.25, 0.3) is 11.1 Å². The van der Waals surface area contributed by atoms with Gasteiger partial charge in [-0.2, -0.15) is 0 Å². The maximum absolute atomic E-state index is 13.1. The van der Waals surface area contributed by atoms with E-state index < -0.39 is 23.8 Å². The molecule has 0 aliphatic rings. The second-order valence-corrected chi connectivity index (χ2v) is 7.92. The van der Waals surface area contributed by atoms with Crippen LogP contribution in [0, 0.1) is 0 Å². The molecule has 2 amide bonds. The van der Waals surface area contributed by atoms with E-state index in [1.807, 2.05) is 0 Å². The quantitative estimate of drug-likeness (QED) is 0.298. The van der Waals surface area contributed by atoms with E-state index in [4.69, 9.17) is 4.74 Å². The number of hydrogen-bond donors (Lipinski definition) is 3. The second kappa shape index (κ2) is 11.0. The average molecular weight is 495 g/mol. The Morgan fingerprint density at radius 2 is 1.16 bits per heavy atom. The fourth-order valence-electron chi connectivity index (χ4n) is 3.80. The van der Waals surface area contributed by atoms with Crippen LogP contribution in [0.5, 0.6) is 0 Å². The van der Waals surface area contributed by atoms with Crippen molar-refractivity contribution in [1.82, 2.24) is 0 Å². The Bertz CT molecular complexity index is 1490. The first-order valence-corrected chi connectivity index (χ1v) is 11.2. The molecule has 3 N–H and O–H groups in total. The predicted molar refractivity (Wildman–Crippen MR) is 139 cm³/mol. The zero-order valence-corrected chi connectivity index (χ0v) is 19.7. The van der Waals surface area contributed by atoms with Crippen molar-refractivity contribution >= 4 is 35.1 Å². The molecular formula is C29H22N2O6. The fourth-order valence-corrected chi connectivity index (χ4v) is 3.80. The van der Waals surface area contributed by atoms with Gasteiger partial charge in [0.15, 0.2) is 0 Å². The molecule has 37 heavy (non-hydrogen) atoms. The van der Waals surface area contributed by atoms with Gasteiger partial charge in [-0.1, -0.05) is 48.5 Å². The van der Waals surface area contributed by atoms with E-state index in [1.165, 1.54) is 25.3 Å². The van der Waals surface area contributed by atoms with Gasteiger partial charge in [0.25, 0.3) is 11.8 Å². The van der Waals surface area contributed by atoms with Crippen LogP contribution in [0.2, 0.25) is 0 Å². The van der Waals surface area contributed by atoms with Crippen molar-refractivity contribution in [2.75, 3.05) is 17.7 Å². The van der Waals surface area contributed by atoms with Crippen LogP contribution in [0.4, 0.5) is 11.4 Å². The van der Waals surface area contributed by atoms with Crippen LogP contribution in [0.1, 0.15) is 41.4 Å². The van der Waals surface area contributed by atoms with Gasteiger partial charge in [-0.15, -0.1) is 0 Å². The van der Waals surface area contributed by atoms with Gasteiger partial charge in [0.1, 0.15) is 0 Å².